The van der Waals surface area contributed by atoms with Crippen molar-refractivity contribution in [3.05, 3.63) is 47.1 Å². The predicted molar refractivity (Wildman–Crippen MR) is 86.8 cm³/mol. The van der Waals surface area contributed by atoms with E-state index in [1.807, 2.05) is 25.1 Å². The van der Waals surface area contributed by atoms with E-state index in [0.29, 0.717) is 16.5 Å². The van der Waals surface area contributed by atoms with Gasteiger partial charge in [-0.1, -0.05) is 17.7 Å². The van der Waals surface area contributed by atoms with Gasteiger partial charge in [0.2, 0.25) is 10.0 Å². The van der Waals surface area contributed by atoms with Gasteiger partial charge in [0.1, 0.15) is 5.82 Å². The first-order valence-corrected chi connectivity index (χ1v) is 8.42. The molecule has 5 nitrogen and oxygen atoms in total. The van der Waals surface area contributed by atoms with Crippen molar-refractivity contribution in [2.75, 3.05) is 15.8 Å². The molecule has 2 aromatic rings. The number of nitrogens with zero attached hydrogens (tertiary/aromatic N) is 1. The average Bonchev–Trinajstić information content (AvgIpc) is 2.45. The van der Waals surface area contributed by atoms with E-state index in [4.69, 9.17) is 11.6 Å². The van der Waals surface area contributed by atoms with Crippen LogP contribution in [0.25, 0.3) is 0 Å². The highest BCUT2D eigenvalue weighted by Gasteiger charge is 2.07. The van der Waals surface area contributed by atoms with Gasteiger partial charge in [0.15, 0.2) is 0 Å². The van der Waals surface area contributed by atoms with Gasteiger partial charge in [0.25, 0.3) is 0 Å². The number of anilines is 3. The number of hydrogen-bond donors (Lipinski definition) is 2. The normalized spacial score (nSPS) is 11.2. The third kappa shape index (κ3) is 4.34. The molecule has 1 aromatic carbocycles. The molecule has 0 aliphatic heterocycles. The van der Waals surface area contributed by atoms with Gasteiger partial charge < -0.3 is 5.32 Å². The fourth-order valence-corrected chi connectivity index (χ4v) is 2.44. The number of sulfonamides is 1. The lowest BCUT2D eigenvalue weighted by molar-refractivity contribution is 0.602. The third-order valence-corrected chi connectivity index (χ3v) is 4.42. The Morgan fingerprint density at radius 1 is 1.24 bits per heavy atom. The van der Waals surface area contributed by atoms with Crippen LogP contribution in [0.3, 0.4) is 0 Å². The van der Waals surface area contributed by atoms with Crippen molar-refractivity contribution < 1.29 is 8.42 Å². The summed E-state index contributed by atoms with van der Waals surface area (Å²) in [7, 11) is -3.28. The summed E-state index contributed by atoms with van der Waals surface area (Å²) in [5.41, 5.74) is 2.33. The minimum Gasteiger partial charge on any atom is -0.340 e. The van der Waals surface area contributed by atoms with Crippen LogP contribution < -0.4 is 10.0 Å². The van der Waals surface area contributed by atoms with Crippen LogP contribution >= 0.6 is 11.6 Å². The van der Waals surface area contributed by atoms with Gasteiger partial charge >= 0.3 is 0 Å². The molecule has 2 N–H and O–H groups in total. The highest BCUT2D eigenvalue weighted by molar-refractivity contribution is 7.92. The maximum absolute atomic E-state index is 11.5. The highest BCUT2D eigenvalue weighted by atomic mass is 35.5. The van der Waals surface area contributed by atoms with Crippen molar-refractivity contribution in [1.82, 2.24) is 4.98 Å². The Labute approximate surface area is 129 Å². The molecule has 0 spiro atoms. The van der Waals surface area contributed by atoms with Gasteiger partial charge in [-0.2, -0.15) is 0 Å². The minimum absolute atomic E-state index is 0.0225. The van der Waals surface area contributed by atoms with Crippen molar-refractivity contribution in [3.8, 4) is 0 Å². The topological polar surface area (TPSA) is 71.1 Å². The molecule has 0 radical (unpaired) electrons. The zero-order chi connectivity index (χ0) is 15.5. The van der Waals surface area contributed by atoms with Gasteiger partial charge in [-0.3, -0.25) is 4.72 Å². The molecule has 0 fully saturated rings. The number of hydrogen-bond acceptors (Lipinski definition) is 4. The van der Waals surface area contributed by atoms with E-state index < -0.39 is 10.0 Å². The van der Waals surface area contributed by atoms with Crippen LogP contribution in [0.4, 0.5) is 17.2 Å². The summed E-state index contributed by atoms with van der Waals surface area (Å²) in [4.78, 5) is 4.18. The first kappa shape index (κ1) is 15.6. The number of pyridine rings is 1. The Morgan fingerprint density at radius 3 is 2.62 bits per heavy atom. The summed E-state index contributed by atoms with van der Waals surface area (Å²) >= 11 is 5.96. The van der Waals surface area contributed by atoms with Crippen LogP contribution in [0.1, 0.15) is 12.5 Å². The second-order valence-corrected chi connectivity index (χ2v) is 6.97. The summed E-state index contributed by atoms with van der Waals surface area (Å²) < 4.78 is 25.4. The SMILES string of the molecule is CCS(=O)(=O)Nc1ccc(Nc2cc(Cl)ccc2C)nc1. The van der Waals surface area contributed by atoms with Crippen LogP contribution in [0.5, 0.6) is 0 Å². The zero-order valence-electron chi connectivity index (χ0n) is 11.7. The van der Waals surface area contributed by atoms with Crippen molar-refractivity contribution in [3.63, 3.8) is 0 Å². The molecule has 0 unspecified atom stereocenters. The second kappa shape index (κ2) is 6.32. The smallest absolute Gasteiger partial charge is 0.232 e. The van der Waals surface area contributed by atoms with Gasteiger partial charge in [-0.05, 0) is 43.7 Å². The van der Waals surface area contributed by atoms with E-state index in [-0.39, 0.29) is 5.75 Å². The summed E-state index contributed by atoms with van der Waals surface area (Å²) in [6.07, 6.45) is 1.47. The van der Waals surface area contributed by atoms with Crippen LogP contribution in [-0.2, 0) is 10.0 Å². The molecule has 112 valence electrons. The zero-order valence-corrected chi connectivity index (χ0v) is 13.3. The Morgan fingerprint density at radius 2 is 2.00 bits per heavy atom. The molecule has 0 bridgehead atoms. The van der Waals surface area contributed by atoms with Crippen LogP contribution in [0.2, 0.25) is 5.02 Å². The fraction of sp³-hybridized carbons (Fsp3) is 0.214. The molecule has 21 heavy (non-hydrogen) atoms. The number of halogens is 1. The summed E-state index contributed by atoms with van der Waals surface area (Å²) in [6.45, 7) is 3.54. The fourth-order valence-electron chi connectivity index (χ4n) is 1.65. The van der Waals surface area contributed by atoms with Crippen LogP contribution in [-0.4, -0.2) is 19.2 Å². The number of nitrogens with one attached hydrogen (secondary N) is 2. The van der Waals surface area contributed by atoms with E-state index in [0.717, 1.165) is 11.3 Å². The molecule has 0 saturated heterocycles. The molecule has 2 rings (SSSR count). The van der Waals surface area contributed by atoms with Crippen LogP contribution in [0, 0.1) is 6.92 Å². The van der Waals surface area contributed by atoms with Crippen molar-refractivity contribution >= 4 is 38.8 Å². The Hall–Kier alpha value is -1.79. The van der Waals surface area contributed by atoms with E-state index in [2.05, 4.69) is 15.0 Å². The number of aryl methyl sites for hydroxylation is 1. The average molecular weight is 326 g/mol. The van der Waals surface area contributed by atoms with Crippen LogP contribution in [0.15, 0.2) is 36.5 Å². The number of rotatable bonds is 5. The molecule has 0 aliphatic rings. The molecule has 7 heteroatoms. The molecule has 0 atom stereocenters. The maximum atomic E-state index is 11.5. The van der Waals surface area contributed by atoms with Crippen molar-refractivity contribution in [2.45, 2.75) is 13.8 Å². The van der Waals surface area contributed by atoms with Gasteiger partial charge in [-0.15, -0.1) is 0 Å². The van der Waals surface area contributed by atoms with Crippen molar-refractivity contribution in [1.29, 1.82) is 0 Å². The summed E-state index contributed by atoms with van der Waals surface area (Å²) in [5, 5.41) is 3.78. The Balaban J connectivity index is 2.14. The quantitative estimate of drug-likeness (QED) is 0.882. The monoisotopic (exact) mass is 325 g/mol. The van der Waals surface area contributed by atoms with E-state index in [1.54, 1.807) is 19.1 Å². The Kier molecular flexibility index (Phi) is 4.69. The molecular weight excluding hydrogens is 310 g/mol. The second-order valence-electron chi connectivity index (χ2n) is 4.52. The number of benzene rings is 1. The van der Waals surface area contributed by atoms with Crippen molar-refractivity contribution in [2.24, 2.45) is 0 Å². The lowest BCUT2D eigenvalue weighted by Gasteiger charge is -2.10. The molecule has 0 aliphatic carbocycles. The third-order valence-electron chi connectivity index (χ3n) is 2.88. The lowest BCUT2D eigenvalue weighted by atomic mass is 10.2. The van der Waals surface area contributed by atoms with E-state index in [9.17, 15) is 8.42 Å². The Bertz CT molecular complexity index is 730. The van der Waals surface area contributed by atoms with Gasteiger partial charge in [-0.25, -0.2) is 13.4 Å². The molecule has 1 heterocycles. The lowest BCUT2D eigenvalue weighted by Crippen LogP contribution is -2.14. The highest BCUT2D eigenvalue weighted by Crippen LogP contribution is 2.23. The molecular formula is C14H16ClN3O2S. The first-order chi connectivity index (χ1) is 9.89. The largest absolute Gasteiger partial charge is 0.340 e. The van der Waals surface area contributed by atoms with E-state index >= 15 is 0 Å². The predicted octanol–water partition coefficient (Wildman–Crippen LogP) is 3.55. The number of aromatic nitrogens is 1. The first-order valence-electron chi connectivity index (χ1n) is 6.39. The molecule has 1 aromatic heterocycles. The molecule has 0 saturated carbocycles. The maximum Gasteiger partial charge on any atom is 0.232 e. The standard InChI is InChI=1S/C14H16ClN3O2S/c1-3-21(19,20)18-12-6-7-14(16-9-12)17-13-8-11(15)5-4-10(13)2/h4-9,18H,3H2,1-2H3,(H,16,17). The van der Waals surface area contributed by atoms with E-state index in [1.165, 1.54) is 6.20 Å². The molecule has 0 amide bonds. The van der Waals surface area contributed by atoms with Gasteiger partial charge in [0, 0.05) is 10.7 Å². The van der Waals surface area contributed by atoms with Gasteiger partial charge in [0.05, 0.1) is 17.6 Å². The summed E-state index contributed by atoms with van der Waals surface area (Å²) in [5.74, 6) is 0.633. The minimum atomic E-state index is -3.28. The summed E-state index contributed by atoms with van der Waals surface area (Å²) in [6, 6.07) is 8.90.